The summed E-state index contributed by atoms with van der Waals surface area (Å²) < 4.78 is 6.34. The summed E-state index contributed by atoms with van der Waals surface area (Å²) in [6, 6.07) is 10.3. The fourth-order valence-electron chi connectivity index (χ4n) is 2.91. The number of hydrogen-bond donors (Lipinski definition) is 1. The number of pyridine rings is 2. The summed E-state index contributed by atoms with van der Waals surface area (Å²) >= 11 is 0. The molecule has 25 heavy (non-hydrogen) atoms. The average Bonchev–Trinajstić information content (AvgIpc) is 2.98. The average molecular weight is 334 g/mol. The second-order valence-electron chi connectivity index (χ2n) is 5.61. The first-order valence-corrected chi connectivity index (χ1v) is 7.65. The van der Waals surface area contributed by atoms with Crippen LogP contribution in [0.3, 0.4) is 0 Å². The number of H-pyrrole nitrogens is 1. The van der Waals surface area contributed by atoms with Crippen LogP contribution in [0, 0.1) is 6.92 Å². The maximum Gasteiger partial charge on any atom is 0.337 e. The fourth-order valence-corrected chi connectivity index (χ4v) is 2.91. The van der Waals surface area contributed by atoms with Crippen LogP contribution >= 0.6 is 0 Å². The summed E-state index contributed by atoms with van der Waals surface area (Å²) in [7, 11) is 1.32. The number of esters is 1. The van der Waals surface area contributed by atoms with Crippen LogP contribution in [0.5, 0.6) is 0 Å². The molecule has 1 N–H and O–H groups in total. The van der Waals surface area contributed by atoms with Crippen molar-refractivity contribution < 1.29 is 9.53 Å². The summed E-state index contributed by atoms with van der Waals surface area (Å²) in [6.07, 6.45) is 1.66. The van der Waals surface area contributed by atoms with Crippen LogP contribution in [0.1, 0.15) is 16.1 Å². The van der Waals surface area contributed by atoms with Gasteiger partial charge in [0.2, 0.25) is 5.43 Å². The molecular formula is C18H14N4O3. The number of hydrogen-bond acceptors (Lipinski definition) is 5. The van der Waals surface area contributed by atoms with Gasteiger partial charge in [-0.25, -0.2) is 9.78 Å². The van der Waals surface area contributed by atoms with Crippen LogP contribution in [0.25, 0.3) is 27.8 Å². The Bertz CT molecular complexity index is 1180. The molecule has 3 aromatic heterocycles. The second-order valence-corrected chi connectivity index (χ2v) is 5.61. The van der Waals surface area contributed by atoms with E-state index >= 15 is 0 Å². The number of rotatable bonds is 2. The Hall–Kier alpha value is -3.48. The fraction of sp³-hybridized carbons (Fsp3) is 0.111. The van der Waals surface area contributed by atoms with Crippen LogP contribution in [0.15, 0.2) is 47.4 Å². The van der Waals surface area contributed by atoms with E-state index in [1.165, 1.54) is 7.11 Å². The molecule has 7 nitrogen and oxygen atoms in total. The first-order valence-electron chi connectivity index (χ1n) is 7.65. The number of carbonyl (C=O) groups excluding carboxylic acids is 1. The lowest BCUT2D eigenvalue weighted by molar-refractivity contribution is 0.0601. The van der Waals surface area contributed by atoms with E-state index < -0.39 is 5.97 Å². The third-order valence-corrected chi connectivity index (χ3v) is 4.09. The Balaban J connectivity index is 2.08. The molecule has 4 rings (SSSR count). The molecule has 0 saturated heterocycles. The van der Waals surface area contributed by atoms with Gasteiger partial charge in [0.25, 0.3) is 0 Å². The molecule has 0 aliphatic heterocycles. The second kappa shape index (κ2) is 5.55. The molecule has 0 aliphatic carbocycles. The van der Waals surface area contributed by atoms with E-state index in [1.54, 1.807) is 42.1 Å². The van der Waals surface area contributed by atoms with Gasteiger partial charge in [0, 0.05) is 11.6 Å². The predicted octanol–water partition coefficient (Wildman–Crippen LogP) is 2.36. The number of fused-ring (bicyclic) bond motifs is 2. The first kappa shape index (κ1) is 15.1. The number of aryl methyl sites for hydroxylation is 1. The van der Waals surface area contributed by atoms with E-state index in [1.807, 2.05) is 12.1 Å². The molecule has 0 spiro atoms. The molecule has 0 amide bonds. The summed E-state index contributed by atoms with van der Waals surface area (Å²) in [5, 5.41) is 5.44. The lowest BCUT2D eigenvalue weighted by atomic mass is 10.1. The van der Waals surface area contributed by atoms with Gasteiger partial charge in [0.1, 0.15) is 5.65 Å². The molecule has 4 aromatic rings. The largest absolute Gasteiger partial charge is 0.465 e. The molecule has 3 heterocycles. The van der Waals surface area contributed by atoms with Crippen LogP contribution in [-0.2, 0) is 4.74 Å². The Kier molecular flexibility index (Phi) is 3.35. The van der Waals surface area contributed by atoms with E-state index in [0.29, 0.717) is 39.0 Å². The number of benzene rings is 1. The molecule has 0 fully saturated rings. The van der Waals surface area contributed by atoms with Crippen LogP contribution in [-0.4, -0.2) is 32.8 Å². The summed E-state index contributed by atoms with van der Waals surface area (Å²) in [4.78, 5) is 32.1. The van der Waals surface area contributed by atoms with Crippen molar-refractivity contribution in [1.82, 2.24) is 19.7 Å². The Labute approximate surface area is 141 Å². The highest BCUT2D eigenvalue weighted by Gasteiger charge is 2.17. The van der Waals surface area contributed by atoms with Crippen molar-refractivity contribution in [3.63, 3.8) is 0 Å². The molecule has 0 saturated carbocycles. The smallest absolute Gasteiger partial charge is 0.337 e. The number of nitrogens with zero attached hydrogens (tertiary/aromatic N) is 3. The van der Waals surface area contributed by atoms with E-state index in [2.05, 4.69) is 15.1 Å². The van der Waals surface area contributed by atoms with Crippen molar-refractivity contribution in [2.75, 3.05) is 7.11 Å². The van der Waals surface area contributed by atoms with Gasteiger partial charge in [-0.2, -0.15) is 9.78 Å². The Morgan fingerprint density at radius 1 is 1.24 bits per heavy atom. The minimum atomic E-state index is -0.461. The van der Waals surface area contributed by atoms with Crippen molar-refractivity contribution in [3.05, 3.63) is 64.1 Å². The van der Waals surface area contributed by atoms with Gasteiger partial charge in [-0.3, -0.25) is 4.79 Å². The molecule has 7 heteroatoms. The quantitative estimate of drug-likeness (QED) is 0.568. The number of ether oxygens (including phenoxy) is 1. The minimum Gasteiger partial charge on any atom is -0.465 e. The van der Waals surface area contributed by atoms with Crippen LogP contribution in [0.4, 0.5) is 0 Å². The lowest BCUT2D eigenvalue weighted by Gasteiger charge is -2.05. The zero-order valence-corrected chi connectivity index (χ0v) is 13.6. The third-order valence-electron chi connectivity index (χ3n) is 4.09. The maximum absolute atomic E-state index is 12.9. The molecule has 0 bridgehead atoms. The normalized spacial score (nSPS) is 11.1. The van der Waals surface area contributed by atoms with Crippen molar-refractivity contribution in [2.24, 2.45) is 0 Å². The summed E-state index contributed by atoms with van der Waals surface area (Å²) in [5.41, 5.74) is 1.92. The van der Waals surface area contributed by atoms with Crippen molar-refractivity contribution in [2.45, 2.75) is 6.92 Å². The van der Waals surface area contributed by atoms with E-state index in [0.717, 1.165) is 0 Å². The Morgan fingerprint density at radius 2 is 2.08 bits per heavy atom. The highest BCUT2D eigenvalue weighted by molar-refractivity contribution is 5.98. The molecule has 0 aliphatic rings. The first-order chi connectivity index (χ1) is 12.1. The SMILES string of the molecule is COC(=O)c1ccc2c(=O)c3c(C)nn(-c4ccccn4)c3[nH]c2c1. The molecule has 0 radical (unpaired) electrons. The number of nitrogens with one attached hydrogen (secondary N) is 1. The van der Waals surface area contributed by atoms with Gasteiger partial charge in [-0.05, 0) is 37.3 Å². The van der Waals surface area contributed by atoms with Gasteiger partial charge < -0.3 is 9.72 Å². The topological polar surface area (TPSA) is 89.9 Å². The summed E-state index contributed by atoms with van der Waals surface area (Å²) in [5.74, 6) is 0.136. The van der Waals surface area contributed by atoms with E-state index in [9.17, 15) is 9.59 Å². The third kappa shape index (κ3) is 2.28. The van der Waals surface area contributed by atoms with Gasteiger partial charge >= 0.3 is 5.97 Å². The van der Waals surface area contributed by atoms with Gasteiger partial charge in [0.05, 0.1) is 29.3 Å². The lowest BCUT2D eigenvalue weighted by Crippen LogP contribution is -2.08. The van der Waals surface area contributed by atoms with Gasteiger partial charge in [-0.1, -0.05) is 6.07 Å². The molecule has 124 valence electrons. The zero-order valence-electron chi connectivity index (χ0n) is 13.6. The van der Waals surface area contributed by atoms with Crippen molar-refractivity contribution in [3.8, 4) is 5.82 Å². The van der Waals surface area contributed by atoms with E-state index in [4.69, 9.17) is 4.74 Å². The Morgan fingerprint density at radius 3 is 2.80 bits per heavy atom. The molecule has 0 atom stereocenters. The van der Waals surface area contributed by atoms with Crippen molar-refractivity contribution >= 4 is 27.9 Å². The number of aromatic nitrogens is 4. The van der Waals surface area contributed by atoms with Gasteiger partial charge in [-0.15, -0.1) is 0 Å². The zero-order chi connectivity index (χ0) is 17.6. The van der Waals surface area contributed by atoms with Gasteiger partial charge in [0.15, 0.2) is 5.82 Å². The van der Waals surface area contributed by atoms with E-state index in [-0.39, 0.29) is 5.43 Å². The predicted molar refractivity (Wildman–Crippen MR) is 93.1 cm³/mol. The van der Waals surface area contributed by atoms with Crippen molar-refractivity contribution in [1.29, 1.82) is 0 Å². The number of methoxy groups -OCH3 is 1. The monoisotopic (exact) mass is 334 g/mol. The molecule has 0 unspecified atom stereocenters. The summed E-state index contributed by atoms with van der Waals surface area (Å²) in [6.45, 7) is 1.78. The highest BCUT2D eigenvalue weighted by Crippen LogP contribution is 2.21. The number of aromatic amines is 1. The molecular weight excluding hydrogens is 320 g/mol. The number of carbonyl (C=O) groups is 1. The molecule has 1 aromatic carbocycles. The maximum atomic E-state index is 12.9. The minimum absolute atomic E-state index is 0.139. The standard InChI is InChI=1S/C18H14N4O3/c1-10-15-16(23)12-7-6-11(18(24)25-2)9-13(12)20-17(15)22(21-10)14-5-3-4-8-19-14/h3-9H,1-2H3,(H,20,23). The van der Waals surface area contributed by atoms with Crippen LogP contribution < -0.4 is 5.43 Å². The highest BCUT2D eigenvalue weighted by atomic mass is 16.5. The van der Waals surface area contributed by atoms with Crippen LogP contribution in [0.2, 0.25) is 0 Å².